The number of aryl methyl sites for hydroxylation is 2. The molecule has 0 amide bonds. The summed E-state index contributed by atoms with van der Waals surface area (Å²) >= 11 is 0. The summed E-state index contributed by atoms with van der Waals surface area (Å²) in [7, 11) is -2.09. The van der Waals surface area contributed by atoms with E-state index >= 15 is 0 Å². The Balaban J connectivity index is 2.09. The van der Waals surface area contributed by atoms with Gasteiger partial charge in [0.05, 0.1) is 12.0 Å². The number of nitrogens with one attached hydrogen (secondary N) is 1. The fraction of sp³-hybridized carbons (Fsp3) is 0.312. The van der Waals surface area contributed by atoms with Crippen LogP contribution in [0.1, 0.15) is 11.3 Å². The van der Waals surface area contributed by atoms with Gasteiger partial charge in [-0.1, -0.05) is 12.1 Å². The normalized spacial score (nSPS) is 11.4. The van der Waals surface area contributed by atoms with Gasteiger partial charge >= 0.3 is 0 Å². The molecule has 0 atom stereocenters. The van der Waals surface area contributed by atoms with Crippen LogP contribution in [0.15, 0.2) is 46.1 Å². The Morgan fingerprint density at radius 3 is 2.52 bits per heavy atom. The molecular weight excluding hydrogens is 316 g/mol. The van der Waals surface area contributed by atoms with Gasteiger partial charge in [-0.15, -0.1) is 0 Å². The van der Waals surface area contributed by atoms with Gasteiger partial charge in [0.25, 0.3) is 5.56 Å². The molecule has 2 aromatic rings. The highest BCUT2D eigenvalue weighted by Gasteiger charge is 2.13. The second kappa shape index (κ2) is 6.97. The Bertz CT molecular complexity index is 857. The van der Waals surface area contributed by atoms with Crippen molar-refractivity contribution in [2.24, 2.45) is 0 Å². The molecule has 0 fully saturated rings. The van der Waals surface area contributed by atoms with Crippen LogP contribution in [0.3, 0.4) is 0 Å². The number of nitrogens with zero attached hydrogens (tertiary/aromatic N) is 1. The third kappa shape index (κ3) is 4.20. The Morgan fingerprint density at radius 1 is 1.17 bits per heavy atom. The maximum Gasteiger partial charge on any atom is 0.254 e. The van der Waals surface area contributed by atoms with Crippen LogP contribution in [0.25, 0.3) is 0 Å². The Morgan fingerprint density at radius 2 is 1.91 bits per heavy atom. The van der Waals surface area contributed by atoms with Crippen molar-refractivity contribution >= 4 is 10.0 Å². The van der Waals surface area contributed by atoms with Crippen LogP contribution in [-0.2, 0) is 16.6 Å². The summed E-state index contributed by atoms with van der Waals surface area (Å²) in [5, 5.41) is 0. The summed E-state index contributed by atoms with van der Waals surface area (Å²) in [6.45, 7) is 3.99. The molecule has 23 heavy (non-hydrogen) atoms. The van der Waals surface area contributed by atoms with E-state index in [9.17, 15) is 13.2 Å². The van der Waals surface area contributed by atoms with E-state index in [0.717, 1.165) is 5.56 Å². The summed E-state index contributed by atoms with van der Waals surface area (Å²) in [6, 6.07) is 9.78. The fourth-order valence-electron chi connectivity index (χ4n) is 2.26. The first kappa shape index (κ1) is 17.2. The molecule has 124 valence electrons. The van der Waals surface area contributed by atoms with Gasteiger partial charge in [-0.3, -0.25) is 4.79 Å². The molecule has 0 unspecified atom stereocenters. The summed E-state index contributed by atoms with van der Waals surface area (Å²) in [5.74, 6) is 0.490. The van der Waals surface area contributed by atoms with Crippen molar-refractivity contribution in [3.63, 3.8) is 0 Å². The van der Waals surface area contributed by atoms with E-state index in [1.807, 2.05) is 13.0 Å². The zero-order valence-corrected chi connectivity index (χ0v) is 14.2. The molecule has 0 radical (unpaired) electrons. The highest BCUT2D eigenvalue weighted by molar-refractivity contribution is 7.89. The standard InChI is InChI=1S/C16H20N2O4S/c1-12-5-4-6-15(9-12)23(20,21)17-7-8-18-13(2)10-14(22-3)11-16(18)19/h4-6,9-11,17H,7-8H2,1-3H3. The van der Waals surface area contributed by atoms with Gasteiger partial charge in [0, 0.05) is 24.8 Å². The third-order valence-corrected chi connectivity index (χ3v) is 4.93. The minimum absolute atomic E-state index is 0.128. The van der Waals surface area contributed by atoms with Crippen LogP contribution in [0.4, 0.5) is 0 Å². The van der Waals surface area contributed by atoms with Crippen molar-refractivity contribution in [2.45, 2.75) is 25.3 Å². The number of pyridine rings is 1. The number of rotatable bonds is 6. The van der Waals surface area contributed by atoms with Crippen LogP contribution < -0.4 is 15.0 Å². The van der Waals surface area contributed by atoms with Crippen LogP contribution >= 0.6 is 0 Å². The molecule has 6 nitrogen and oxygen atoms in total. The summed E-state index contributed by atoms with van der Waals surface area (Å²) in [6.07, 6.45) is 0. The van der Waals surface area contributed by atoms with Gasteiger partial charge in [0.1, 0.15) is 5.75 Å². The highest BCUT2D eigenvalue weighted by Crippen LogP contribution is 2.11. The van der Waals surface area contributed by atoms with E-state index < -0.39 is 10.0 Å². The molecule has 0 aliphatic carbocycles. The van der Waals surface area contributed by atoms with E-state index in [-0.39, 0.29) is 23.5 Å². The molecule has 1 aromatic heterocycles. The van der Waals surface area contributed by atoms with Crippen molar-refractivity contribution in [2.75, 3.05) is 13.7 Å². The molecule has 0 saturated carbocycles. The number of hydrogen-bond donors (Lipinski definition) is 1. The Hall–Kier alpha value is -2.12. The molecule has 2 rings (SSSR count). The maximum atomic E-state index is 12.2. The molecule has 0 aliphatic rings. The molecule has 0 bridgehead atoms. The molecule has 0 aliphatic heterocycles. The molecule has 7 heteroatoms. The van der Waals surface area contributed by atoms with Gasteiger partial charge in [0.15, 0.2) is 0 Å². The number of methoxy groups -OCH3 is 1. The lowest BCUT2D eigenvalue weighted by molar-refractivity contribution is 0.411. The summed E-state index contributed by atoms with van der Waals surface area (Å²) in [4.78, 5) is 12.2. The molecule has 1 heterocycles. The minimum Gasteiger partial charge on any atom is -0.496 e. The molecule has 1 N–H and O–H groups in total. The van der Waals surface area contributed by atoms with Crippen LogP contribution in [0, 0.1) is 13.8 Å². The lowest BCUT2D eigenvalue weighted by Gasteiger charge is -2.12. The zero-order valence-electron chi connectivity index (χ0n) is 13.4. The molecule has 1 aromatic carbocycles. The monoisotopic (exact) mass is 336 g/mol. The summed E-state index contributed by atoms with van der Waals surface area (Å²) in [5.41, 5.74) is 1.36. The lowest BCUT2D eigenvalue weighted by Crippen LogP contribution is -2.31. The first-order valence-electron chi connectivity index (χ1n) is 7.15. The van der Waals surface area contributed by atoms with Crippen LogP contribution in [0.5, 0.6) is 5.75 Å². The van der Waals surface area contributed by atoms with Crippen LogP contribution in [0.2, 0.25) is 0 Å². The van der Waals surface area contributed by atoms with E-state index in [0.29, 0.717) is 11.4 Å². The van der Waals surface area contributed by atoms with Crippen molar-refractivity contribution in [3.8, 4) is 5.75 Å². The van der Waals surface area contributed by atoms with Crippen molar-refractivity contribution in [3.05, 3.63) is 58.0 Å². The number of hydrogen-bond acceptors (Lipinski definition) is 4. The predicted molar refractivity (Wildman–Crippen MR) is 88.4 cm³/mol. The number of benzene rings is 1. The van der Waals surface area contributed by atoms with Gasteiger partial charge in [0.2, 0.25) is 10.0 Å². The average molecular weight is 336 g/mol. The molecule has 0 spiro atoms. The SMILES string of the molecule is COc1cc(C)n(CCNS(=O)(=O)c2cccc(C)c2)c(=O)c1. The van der Waals surface area contributed by atoms with Gasteiger partial charge in [-0.2, -0.15) is 0 Å². The maximum absolute atomic E-state index is 12.2. The van der Waals surface area contributed by atoms with E-state index in [2.05, 4.69) is 4.72 Å². The largest absolute Gasteiger partial charge is 0.496 e. The highest BCUT2D eigenvalue weighted by atomic mass is 32.2. The second-order valence-electron chi connectivity index (χ2n) is 5.24. The Kier molecular flexibility index (Phi) is 5.23. The first-order chi connectivity index (χ1) is 10.8. The van der Waals surface area contributed by atoms with E-state index in [4.69, 9.17) is 4.74 Å². The van der Waals surface area contributed by atoms with Crippen molar-refractivity contribution in [1.29, 1.82) is 0 Å². The van der Waals surface area contributed by atoms with E-state index in [1.54, 1.807) is 31.2 Å². The third-order valence-electron chi connectivity index (χ3n) is 3.47. The predicted octanol–water partition coefficient (Wildman–Crippen LogP) is 1.45. The first-order valence-corrected chi connectivity index (χ1v) is 8.63. The Labute approximate surface area is 135 Å². The zero-order chi connectivity index (χ0) is 17.0. The number of ether oxygens (including phenoxy) is 1. The average Bonchev–Trinajstić information content (AvgIpc) is 2.49. The van der Waals surface area contributed by atoms with Crippen molar-refractivity contribution in [1.82, 2.24) is 9.29 Å². The second-order valence-corrected chi connectivity index (χ2v) is 7.01. The quantitative estimate of drug-likeness (QED) is 0.866. The summed E-state index contributed by atoms with van der Waals surface area (Å²) < 4.78 is 33.5. The lowest BCUT2D eigenvalue weighted by atomic mass is 10.2. The van der Waals surface area contributed by atoms with Gasteiger partial charge in [-0.25, -0.2) is 13.1 Å². The smallest absolute Gasteiger partial charge is 0.254 e. The van der Waals surface area contributed by atoms with Crippen LogP contribution in [-0.4, -0.2) is 26.6 Å². The number of aromatic nitrogens is 1. The van der Waals surface area contributed by atoms with Gasteiger partial charge < -0.3 is 9.30 Å². The minimum atomic E-state index is -3.58. The van der Waals surface area contributed by atoms with E-state index in [1.165, 1.54) is 17.7 Å². The number of sulfonamides is 1. The molecule has 0 saturated heterocycles. The van der Waals surface area contributed by atoms with Crippen molar-refractivity contribution < 1.29 is 13.2 Å². The fourth-order valence-corrected chi connectivity index (χ4v) is 3.39. The topological polar surface area (TPSA) is 77.4 Å². The van der Waals surface area contributed by atoms with Gasteiger partial charge in [-0.05, 0) is 37.6 Å². The molecular formula is C16H20N2O4S.